The van der Waals surface area contributed by atoms with Gasteiger partial charge < -0.3 is 20.0 Å². The molecular formula is C31H29ClF2N3NaO5. The van der Waals surface area contributed by atoms with Crippen LogP contribution in [0.15, 0.2) is 76.3 Å². The third-order valence-corrected chi connectivity index (χ3v) is 7.39. The number of aliphatic carboxylic acids is 1. The molecule has 220 valence electrons. The van der Waals surface area contributed by atoms with Crippen LogP contribution in [-0.2, 0) is 17.9 Å². The van der Waals surface area contributed by atoms with E-state index in [0.717, 1.165) is 10.1 Å². The van der Waals surface area contributed by atoms with Crippen LogP contribution in [0.4, 0.5) is 8.78 Å². The molecule has 0 unspecified atom stereocenters. The van der Waals surface area contributed by atoms with Crippen LogP contribution in [-0.4, -0.2) is 28.8 Å². The summed E-state index contributed by atoms with van der Waals surface area (Å²) < 4.78 is 37.6. The Morgan fingerprint density at radius 2 is 1.72 bits per heavy atom. The van der Waals surface area contributed by atoms with E-state index in [1.54, 1.807) is 24.3 Å². The normalized spacial score (nSPS) is 11.6. The van der Waals surface area contributed by atoms with E-state index in [4.69, 9.17) is 16.3 Å². The van der Waals surface area contributed by atoms with Gasteiger partial charge in [-0.3, -0.25) is 13.9 Å². The van der Waals surface area contributed by atoms with Gasteiger partial charge in [0.1, 0.15) is 5.82 Å². The molecule has 0 aliphatic carbocycles. The molecule has 0 aliphatic rings. The number of carboxylic acids is 1. The zero-order valence-electron chi connectivity index (χ0n) is 24.0. The van der Waals surface area contributed by atoms with Gasteiger partial charge in [-0.25, -0.2) is 13.6 Å². The van der Waals surface area contributed by atoms with Crippen molar-refractivity contribution in [1.82, 2.24) is 14.5 Å². The maximum atomic E-state index is 15.5. The minimum Gasteiger partial charge on any atom is -0.550 e. The summed E-state index contributed by atoms with van der Waals surface area (Å²) in [7, 11) is 1.30. The Labute approximate surface area is 274 Å². The van der Waals surface area contributed by atoms with Gasteiger partial charge in [0.05, 0.1) is 31.8 Å². The Kier molecular flexibility index (Phi) is 12.3. The maximum Gasteiger partial charge on any atom is 1.00 e. The van der Waals surface area contributed by atoms with Gasteiger partial charge in [-0.05, 0) is 50.1 Å². The van der Waals surface area contributed by atoms with Gasteiger partial charge in [-0.2, -0.15) is 0 Å². The largest absolute Gasteiger partial charge is 1.00 e. The first-order chi connectivity index (χ1) is 20.1. The number of nitrogens with one attached hydrogen (secondary N) is 1. The number of hydrogen-bond acceptors (Lipinski definition) is 6. The van der Waals surface area contributed by atoms with Gasteiger partial charge in [0.25, 0.3) is 5.56 Å². The van der Waals surface area contributed by atoms with Crippen molar-refractivity contribution in [1.29, 1.82) is 0 Å². The van der Waals surface area contributed by atoms with E-state index < -0.39 is 34.9 Å². The predicted molar refractivity (Wildman–Crippen MR) is 154 cm³/mol. The van der Waals surface area contributed by atoms with Crippen molar-refractivity contribution >= 4 is 17.6 Å². The van der Waals surface area contributed by atoms with Crippen LogP contribution in [0.2, 0.25) is 5.02 Å². The van der Waals surface area contributed by atoms with Crippen LogP contribution in [0.3, 0.4) is 0 Å². The standard InChI is InChI=1S/C31H30ClF2N3O5.Na/c1-19-28(21-11-6-14-26(42-2)29(21)34)30(40)37(31(41)36(19)17-22-23(32)12-7-13-24(22)33)18-25(20-9-4-3-5-10-20)35-16-8-15-27(38)39;/h3-7,9-14,25,35H,8,15-18H2,1-2H3,(H,38,39);/q;+1/p-1/t25-;/m0./s1. The van der Waals surface area contributed by atoms with Gasteiger partial charge in [0, 0.05) is 27.8 Å². The number of carbonyl (C=O) groups excluding carboxylic acids is 1. The zero-order valence-corrected chi connectivity index (χ0v) is 26.8. The summed E-state index contributed by atoms with van der Waals surface area (Å²) in [5, 5.41) is 14.2. The molecule has 1 N–H and O–H groups in total. The molecule has 1 aromatic heterocycles. The first-order valence-corrected chi connectivity index (χ1v) is 13.6. The van der Waals surface area contributed by atoms with E-state index >= 15 is 4.39 Å². The molecule has 0 aliphatic heterocycles. The smallest absolute Gasteiger partial charge is 0.550 e. The van der Waals surface area contributed by atoms with Crippen molar-refractivity contribution in [2.75, 3.05) is 13.7 Å². The van der Waals surface area contributed by atoms with Crippen molar-refractivity contribution in [3.63, 3.8) is 0 Å². The monoisotopic (exact) mass is 619 g/mol. The number of carbonyl (C=O) groups is 1. The number of benzene rings is 3. The third-order valence-electron chi connectivity index (χ3n) is 7.03. The molecule has 0 fully saturated rings. The van der Waals surface area contributed by atoms with Crippen LogP contribution < -0.4 is 56.0 Å². The van der Waals surface area contributed by atoms with Crippen LogP contribution in [0.25, 0.3) is 11.1 Å². The Balaban J connectivity index is 0.00000506. The van der Waals surface area contributed by atoms with Crippen molar-refractivity contribution in [3.8, 4) is 16.9 Å². The van der Waals surface area contributed by atoms with E-state index in [1.807, 2.05) is 6.07 Å². The predicted octanol–water partition coefficient (Wildman–Crippen LogP) is 0.839. The van der Waals surface area contributed by atoms with Gasteiger partial charge >= 0.3 is 35.2 Å². The molecule has 0 saturated heterocycles. The molecule has 0 spiro atoms. The Bertz CT molecular complexity index is 1690. The topological polar surface area (TPSA) is 105 Å². The van der Waals surface area contributed by atoms with Gasteiger partial charge in [-0.1, -0.05) is 60.1 Å². The van der Waals surface area contributed by atoms with E-state index in [1.165, 1.54) is 55.0 Å². The van der Waals surface area contributed by atoms with Gasteiger partial charge in [-0.15, -0.1) is 0 Å². The first kappa shape index (κ1) is 34.2. The number of hydrogen-bond donors (Lipinski definition) is 1. The molecule has 0 bridgehead atoms. The van der Waals surface area contributed by atoms with Crippen molar-refractivity contribution in [2.45, 2.75) is 38.9 Å². The average Bonchev–Trinajstić information content (AvgIpc) is 2.97. The van der Waals surface area contributed by atoms with E-state index in [9.17, 15) is 23.9 Å². The Hall–Kier alpha value is -3.28. The molecule has 3 aromatic carbocycles. The van der Waals surface area contributed by atoms with Crippen LogP contribution >= 0.6 is 11.6 Å². The second-order valence-corrected chi connectivity index (χ2v) is 10.1. The summed E-state index contributed by atoms with van der Waals surface area (Å²) in [6.45, 7) is 1.24. The molecule has 1 atom stereocenters. The fourth-order valence-electron chi connectivity index (χ4n) is 4.83. The van der Waals surface area contributed by atoms with Crippen LogP contribution in [0.5, 0.6) is 5.75 Å². The fourth-order valence-corrected chi connectivity index (χ4v) is 5.05. The number of nitrogens with zero attached hydrogens (tertiary/aromatic N) is 2. The summed E-state index contributed by atoms with van der Waals surface area (Å²) in [6.07, 6.45) is 0.0825. The summed E-state index contributed by atoms with van der Waals surface area (Å²) in [4.78, 5) is 38.9. The number of rotatable bonds is 12. The van der Waals surface area contributed by atoms with Crippen molar-refractivity contribution < 1.29 is 53.0 Å². The summed E-state index contributed by atoms with van der Waals surface area (Å²) in [6, 6.07) is 16.9. The number of ether oxygens (including phenoxy) is 1. The molecule has 8 nitrogen and oxygen atoms in total. The minimum atomic E-state index is -1.19. The average molecular weight is 620 g/mol. The van der Waals surface area contributed by atoms with Gasteiger partial charge in [0.2, 0.25) is 0 Å². The Morgan fingerprint density at radius 3 is 2.37 bits per heavy atom. The van der Waals surface area contributed by atoms with Crippen LogP contribution in [0, 0.1) is 18.6 Å². The molecule has 43 heavy (non-hydrogen) atoms. The molecule has 4 aromatic rings. The number of aromatic nitrogens is 2. The summed E-state index contributed by atoms with van der Waals surface area (Å²) >= 11 is 6.28. The molecule has 4 rings (SSSR count). The second-order valence-electron chi connectivity index (χ2n) is 9.66. The third kappa shape index (κ3) is 7.82. The molecule has 0 saturated carbocycles. The summed E-state index contributed by atoms with van der Waals surface area (Å²) in [5.41, 5.74) is -0.799. The number of carboxylic acid groups (broad SMARTS) is 1. The molecule has 12 heteroatoms. The quantitative estimate of drug-likeness (QED) is 0.186. The van der Waals surface area contributed by atoms with Gasteiger partial charge in [0.15, 0.2) is 11.6 Å². The first-order valence-electron chi connectivity index (χ1n) is 13.2. The van der Waals surface area contributed by atoms with Crippen molar-refractivity contribution in [2.24, 2.45) is 0 Å². The molecular weight excluding hydrogens is 591 g/mol. The van der Waals surface area contributed by atoms with Crippen molar-refractivity contribution in [3.05, 3.63) is 121 Å². The molecule has 1 heterocycles. The second kappa shape index (κ2) is 15.4. The van der Waals surface area contributed by atoms with E-state index in [-0.39, 0.29) is 95.2 Å². The van der Waals surface area contributed by atoms with Crippen LogP contribution in [0.1, 0.15) is 35.7 Å². The minimum absolute atomic E-state index is 0. The fraction of sp³-hybridized carbons (Fsp3) is 0.258. The molecule has 0 radical (unpaired) electrons. The zero-order chi connectivity index (χ0) is 30.4. The molecule has 0 amide bonds. The van der Waals surface area contributed by atoms with E-state index in [0.29, 0.717) is 0 Å². The van der Waals surface area contributed by atoms with E-state index in [2.05, 4.69) is 5.32 Å². The SMILES string of the molecule is COc1cccc(-c2c(C)n(Cc3c(F)cccc3Cl)c(=O)n(C[C@H](NCCCC(=O)[O-])c3ccccc3)c2=O)c1F.[Na+]. The maximum absolute atomic E-state index is 15.5. The Morgan fingerprint density at radius 1 is 1.02 bits per heavy atom. The number of halogens is 3. The number of methoxy groups -OCH3 is 1. The summed E-state index contributed by atoms with van der Waals surface area (Å²) in [5.74, 6) is -2.72.